The summed E-state index contributed by atoms with van der Waals surface area (Å²) < 4.78 is 5.44. The van der Waals surface area contributed by atoms with Gasteiger partial charge in [-0.15, -0.1) is 0 Å². The molecule has 1 aliphatic rings. The summed E-state index contributed by atoms with van der Waals surface area (Å²) in [5.41, 5.74) is 2.91. The summed E-state index contributed by atoms with van der Waals surface area (Å²) in [7, 11) is 0. The first-order chi connectivity index (χ1) is 13.4. The number of ether oxygens (including phenoxy) is 1. The smallest absolute Gasteiger partial charge is 0.254 e. The van der Waals surface area contributed by atoms with Crippen LogP contribution >= 0.6 is 11.8 Å². The van der Waals surface area contributed by atoms with Crippen molar-refractivity contribution in [3.63, 3.8) is 0 Å². The highest BCUT2D eigenvalue weighted by Crippen LogP contribution is 2.31. The number of hydrogen-bond acceptors (Lipinski definition) is 5. The van der Waals surface area contributed by atoms with Crippen LogP contribution in [0, 0.1) is 13.8 Å². The van der Waals surface area contributed by atoms with E-state index >= 15 is 0 Å². The number of nitrogens with one attached hydrogen (secondary N) is 1. The number of rotatable bonds is 6. The van der Waals surface area contributed by atoms with Gasteiger partial charge in [0.2, 0.25) is 0 Å². The second kappa shape index (κ2) is 9.07. The molecule has 2 aromatic rings. The predicted octanol–water partition coefficient (Wildman–Crippen LogP) is 3.69. The lowest BCUT2D eigenvalue weighted by molar-refractivity contribution is -0.00924. The number of nitrogens with zero attached hydrogens (tertiary/aromatic N) is 2. The molecule has 0 unspecified atom stereocenters. The fraction of sp³-hybridized carbons (Fsp3) is 0.455. The van der Waals surface area contributed by atoms with Gasteiger partial charge in [0.25, 0.3) is 5.91 Å². The zero-order valence-electron chi connectivity index (χ0n) is 17.1. The Morgan fingerprint density at radius 3 is 2.71 bits per heavy atom. The van der Waals surface area contributed by atoms with Crippen molar-refractivity contribution < 1.29 is 9.53 Å². The monoisotopic (exact) mass is 399 g/mol. The summed E-state index contributed by atoms with van der Waals surface area (Å²) in [6, 6.07) is 9.98. The normalized spacial score (nSPS) is 15.4. The van der Waals surface area contributed by atoms with Crippen LogP contribution in [-0.4, -0.2) is 54.2 Å². The maximum Gasteiger partial charge on any atom is 0.254 e. The Bertz CT molecular complexity index is 832. The molecular formula is C22H29N3O2S. The number of hydrogen-bond donors (Lipinski definition) is 1. The molecule has 1 aromatic carbocycles. The van der Waals surface area contributed by atoms with E-state index in [-0.39, 0.29) is 11.4 Å². The van der Waals surface area contributed by atoms with Gasteiger partial charge in [-0.2, -0.15) is 0 Å². The fourth-order valence-electron chi connectivity index (χ4n) is 3.34. The van der Waals surface area contributed by atoms with E-state index in [4.69, 9.17) is 4.74 Å². The molecular weight excluding hydrogens is 370 g/mol. The molecule has 0 atom stereocenters. The summed E-state index contributed by atoms with van der Waals surface area (Å²) in [6.07, 6.45) is 1.74. The average Bonchev–Trinajstić information content (AvgIpc) is 2.69. The molecule has 1 amide bonds. The van der Waals surface area contributed by atoms with E-state index in [9.17, 15) is 4.79 Å². The Kier molecular flexibility index (Phi) is 6.75. The number of aryl methyl sites for hydroxylation is 2. The largest absolute Gasteiger partial charge is 0.379 e. The standard InChI is InChI=1S/C22H29N3O2S/c1-16-7-8-19(17(2)14-16)28-21-18(6-5-9-23-21)20(26)24-15-22(3,4)25-10-12-27-13-11-25/h5-9,14H,10-13,15H2,1-4H3,(H,24,26). The Balaban J connectivity index is 1.70. The summed E-state index contributed by atoms with van der Waals surface area (Å²) in [5.74, 6) is -0.0818. The fourth-order valence-corrected chi connectivity index (χ4v) is 4.28. The molecule has 2 heterocycles. The molecule has 1 aliphatic heterocycles. The van der Waals surface area contributed by atoms with Crippen molar-refractivity contribution in [2.45, 2.75) is 43.2 Å². The Labute approximate surface area is 171 Å². The molecule has 1 N–H and O–H groups in total. The highest BCUT2D eigenvalue weighted by atomic mass is 32.2. The number of carbonyl (C=O) groups excluding carboxylic acids is 1. The SMILES string of the molecule is Cc1ccc(Sc2ncccc2C(=O)NCC(C)(C)N2CCOCC2)c(C)c1. The maximum atomic E-state index is 12.9. The summed E-state index contributed by atoms with van der Waals surface area (Å²) in [4.78, 5) is 20.9. The minimum atomic E-state index is -0.123. The second-order valence-electron chi connectivity index (χ2n) is 7.82. The zero-order chi connectivity index (χ0) is 20.1. The van der Waals surface area contributed by atoms with Crippen LogP contribution in [0.5, 0.6) is 0 Å². The third-order valence-electron chi connectivity index (χ3n) is 5.10. The topological polar surface area (TPSA) is 54.5 Å². The molecule has 0 spiro atoms. The third kappa shape index (κ3) is 5.13. The first-order valence-electron chi connectivity index (χ1n) is 9.68. The number of carbonyl (C=O) groups is 1. The number of aromatic nitrogens is 1. The van der Waals surface area contributed by atoms with E-state index in [1.165, 1.54) is 11.1 Å². The lowest BCUT2D eigenvalue weighted by Gasteiger charge is -2.40. The number of pyridine rings is 1. The van der Waals surface area contributed by atoms with Gasteiger partial charge in [0.1, 0.15) is 5.03 Å². The van der Waals surface area contributed by atoms with Crippen LogP contribution in [0.25, 0.3) is 0 Å². The molecule has 5 nitrogen and oxygen atoms in total. The molecule has 0 saturated carbocycles. The Morgan fingerprint density at radius 2 is 2.00 bits per heavy atom. The highest BCUT2D eigenvalue weighted by molar-refractivity contribution is 7.99. The maximum absolute atomic E-state index is 12.9. The van der Waals surface area contributed by atoms with Gasteiger partial charge in [-0.3, -0.25) is 9.69 Å². The van der Waals surface area contributed by atoms with Gasteiger partial charge in [0, 0.05) is 36.3 Å². The van der Waals surface area contributed by atoms with E-state index in [1.54, 1.807) is 18.0 Å². The van der Waals surface area contributed by atoms with Gasteiger partial charge < -0.3 is 10.1 Å². The van der Waals surface area contributed by atoms with E-state index in [2.05, 4.69) is 61.1 Å². The lowest BCUT2D eigenvalue weighted by atomic mass is 10.0. The van der Waals surface area contributed by atoms with Crippen LogP contribution in [0.2, 0.25) is 0 Å². The van der Waals surface area contributed by atoms with E-state index in [0.29, 0.717) is 12.1 Å². The van der Waals surface area contributed by atoms with Crippen LogP contribution < -0.4 is 5.32 Å². The van der Waals surface area contributed by atoms with Crippen LogP contribution in [-0.2, 0) is 4.74 Å². The molecule has 1 fully saturated rings. The van der Waals surface area contributed by atoms with Crippen LogP contribution in [0.3, 0.4) is 0 Å². The molecule has 6 heteroatoms. The van der Waals surface area contributed by atoms with Crippen molar-refractivity contribution in [2.24, 2.45) is 0 Å². The first kappa shape index (κ1) is 20.8. The zero-order valence-corrected chi connectivity index (χ0v) is 17.9. The van der Waals surface area contributed by atoms with Gasteiger partial charge in [-0.05, 0) is 51.5 Å². The third-order valence-corrected chi connectivity index (χ3v) is 6.30. The second-order valence-corrected chi connectivity index (χ2v) is 8.85. The summed E-state index contributed by atoms with van der Waals surface area (Å²) >= 11 is 1.54. The van der Waals surface area contributed by atoms with Crippen molar-refractivity contribution in [1.29, 1.82) is 0 Å². The number of amides is 1. The quantitative estimate of drug-likeness (QED) is 0.803. The van der Waals surface area contributed by atoms with Crippen molar-refractivity contribution in [2.75, 3.05) is 32.8 Å². The van der Waals surface area contributed by atoms with Crippen molar-refractivity contribution in [1.82, 2.24) is 15.2 Å². The molecule has 3 rings (SSSR count). The van der Waals surface area contributed by atoms with Gasteiger partial charge in [0.15, 0.2) is 0 Å². The first-order valence-corrected chi connectivity index (χ1v) is 10.5. The minimum absolute atomic E-state index is 0.0818. The van der Waals surface area contributed by atoms with Crippen molar-refractivity contribution in [3.8, 4) is 0 Å². The minimum Gasteiger partial charge on any atom is -0.379 e. The lowest BCUT2D eigenvalue weighted by Crippen LogP contribution is -2.55. The van der Waals surface area contributed by atoms with E-state index < -0.39 is 0 Å². The van der Waals surface area contributed by atoms with Crippen LogP contribution in [0.1, 0.15) is 35.3 Å². The van der Waals surface area contributed by atoms with Gasteiger partial charge in [0.05, 0.1) is 18.8 Å². The molecule has 1 saturated heterocycles. The van der Waals surface area contributed by atoms with Crippen LogP contribution in [0.15, 0.2) is 46.5 Å². The van der Waals surface area contributed by atoms with Gasteiger partial charge in [-0.1, -0.05) is 29.5 Å². The van der Waals surface area contributed by atoms with E-state index in [1.807, 2.05) is 12.1 Å². The summed E-state index contributed by atoms with van der Waals surface area (Å²) in [5, 5.41) is 3.84. The Hall–Kier alpha value is -1.89. The molecule has 0 aliphatic carbocycles. The molecule has 28 heavy (non-hydrogen) atoms. The molecule has 150 valence electrons. The number of morpholine rings is 1. The highest BCUT2D eigenvalue weighted by Gasteiger charge is 2.29. The van der Waals surface area contributed by atoms with Gasteiger partial charge in [-0.25, -0.2) is 4.98 Å². The van der Waals surface area contributed by atoms with Crippen molar-refractivity contribution >= 4 is 17.7 Å². The predicted molar refractivity (Wildman–Crippen MR) is 113 cm³/mol. The van der Waals surface area contributed by atoms with Gasteiger partial charge >= 0.3 is 0 Å². The van der Waals surface area contributed by atoms with Crippen LogP contribution in [0.4, 0.5) is 0 Å². The average molecular weight is 400 g/mol. The molecule has 0 radical (unpaired) electrons. The molecule has 0 bridgehead atoms. The summed E-state index contributed by atoms with van der Waals surface area (Å²) in [6.45, 7) is 12.3. The molecule has 1 aromatic heterocycles. The van der Waals surface area contributed by atoms with Crippen molar-refractivity contribution in [3.05, 3.63) is 53.2 Å². The Morgan fingerprint density at radius 1 is 1.25 bits per heavy atom. The number of benzene rings is 1. The van der Waals surface area contributed by atoms with E-state index in [0.717, 1.165) is 36.2 Å².